The summed E-state index contributed by atoms with van der Waals surface area (Å²) in [4.78, 5) is 4.50. The Morgan fingerprint density at radius 3 is 2.65 bits per heavy atom. The summed E-state index contributed by atoms with van der Waals surface area (Å²) in [6.45, 7) is 1.99. The van der Waals surface area contributed by atoms with Crippen molar-refractivity contribution in [3.8, 4) is 10.6 Å². The summed E-state index contributed by atoms with van der Waals surface area (Å²) in [7, 11) is -3.13. The first-order valence-corrected chi connectivity index (χ1v) is 9.09. The van der Waals surface area contributed by atoms with E-state index in [0.29, 0.717) is 18.0 Å². The molecule has 0 aliphatic carbocycles. The minimum atomic E-state index is -3.13. The van der Waals surface area contributed by atoms with Crippen molar-refractivity contribution in [1.82, 2.24) is 9.71 Å². The van der Waals surface area contributed by atoms with Gasteiger partial charge in [0.1, 0.15) is 5.01 Å². The maximum Gasteiger partial charge on any atom is 0.211 e. The Morgan fingerprint density at radius 1 is 1.30 bits per heavy atom. The van der Waals surface area contributed by atoms with Crippen LogP contribution in [0.3, 0.4) is 0 Å². The molecule has 0 saturated heterocycles. The molecule has 0 spiro atoms. The van der Waals surface area contributed by atoms with Gasteiger partial charge in [-0.3, -0.25) is 0 Å². The van der Waals surface area contributed by atoms with Crippen molar-refractivity contribution < 1.29 is 8.42 Å². The van der Waals surface area contributed by atoms with Crippen molar-refractivity contribution in [3.63, 3.8) is 0 Å². The van der Waals surface area contributed by atoms with Gasteiger partial charge < -0.3 is 0 Å². The van der Waals surface area contributed by atoms with Crippen LogP contribution in [-0.2, 0) is 16.4 Å². The van der Waals surface area contributed by atoms with Crippen LogP contribution in [0.2, 0.25) is 5.02 Å². The molecule has 0 fully saturated rings. The first-order valence-electron chi connectivity index (χ1n) is 6.18. The van der Waals surface area contributed by atoms with E-state index in [-0.39, 0.29) is 5.75 Å². The van der Waals surface area contributed by atoms with E-state index < -0.39 is 10.0 Å². The van der Waals surface area contributed by atoms with E-state index in [1.165, 1.54) is 0 Å². The molecule has 0 aliphatic heterocycles. The van der Waals surface area contributed by atoms with Gasteiger partial charge in [0.2, 0.25) is 10.0 Å². The van der Waals surface area contributed by atoms with Crippen LogP contribution in [0.5, 0.6) is 0 Å². The van der Waals surface area contributed by atoms with Crippen LogP contribution in [-0.4, -0.2) is 25.7 Å². The number of nitrogens with one attached hydrogen (secondary N) is 1. The van der Waals surface area contributed by atoms with Crippen LogP contribution < -0.4 is 4.72 Å². The SMILES string of the molecule is CCS(=O)(=O)NCCc1csc(-c2ccc(Cl)cc2)n1. The second-order valence-corrected chi connectivity index (χ2v) is 7.59. The number of rotatable bonds is 6. The van der Waals surface area contributed by atoms with Crippen molar-refractivity contribution in [2.24, 2.45) is 0 Å². The zero-order valence-corrected chi connectivity index (χ0v) is 13.4. The molecule has 108 valence electrons. The number of aromatic nitrogens is 1. The zero-order valence-electron chi connectivity index (χ0n) is 11.0. The molecule has 2 aromatic rings. The molecule has 0 amide bonds. The van der Waals surface area contributed by atoms with E-state index in [9.17, 15) is 8.42 Å². The Bertz CT molecular complexity index is 666. The third-order valence-corrected chi connectivity index (χ3v) is 5.32. The summed E-state index contributed by atoms with van der Waals surface area (Å²) in [5.41, 5.74) is 1.90. The monoisotopic (exact) mass is 330 g/mol. The highest BCUT2D eigenvalue weighted by Gasteiger charge is 2.08. The van der Waals surface area contributed by atoms with Crippen molar-refractivity contribution >= 4 is 33.0 Å². The lowest BCUT2D eigenvalue weighted by Gasteiger charge is -2.02. The highest BCUT2D eigenvalue weighted by Crippen LogP contribution is 2.25. The Balaban J connectivity index is 1.97. The summed E-state index contributed by atoms with van der Waals surface area (Å²) >= 11 is 7.39. The Labute approximate surface area is 127 Å². The molecule has 0 unspecified atom stereocenters. The van der Waals surface area contributed by atoms with Crippen LogP contribution >= 0.6 is 22.9 Å². The zero-order chi connectivity index (χ0) is 14.6. The average molecular weight is 331 g/mol. The number of sulfonamides is 1. The van der Waals surface area contributed by atoms with Crippen molar-refractivity contribution in [2.45, 2.75) is 13.3 Å². The molecule has 0 aliphatic rings. The van der Waals surface area contributed by atoms with Gasteiger partial charge in [-0.1, -0.05) is 23.7 Å². The first-order chi connectivity index (χ1) is 9.50. The van der Waals surface area contributed by atoms with Crippen LogP contribution in [0.1, 0.15) is 12.6 Å². The summed E-state index contributed by atoms with van der Waals surface area (Å²) in [6, 6.07) is 7.50. The Morgan fingerprint density at radius 2 is 2.00 bits per heavy atom. The van der Waals surface area contributed by atoms with Gasteiger partial charge in [-0.05, 0) is 19.1 Å². The standard InChI is InChI=1S/C13H15ClN2O2S2/c1-2-20(17,18)15-8-7-12-9-19-13(16-12)10-3-5-11(14)6-4-10/h3-6,9,15H,2,7-8H2,1H3. The van der Waals surface area contributed by atoms with Gasteiger partial charge in [-0.25, -0.2) is 18.1 Å². The van der Waals surface area contributed by atoms with E-state index in [1.54, 1.807) is 18.3 Å². The van der Waals surface area contributed by atoms with Gasteiger partial charge in [0.15, 0.2) is 0 Å². The fourth-order valence-electron chi connectivity index (χ4n) is 1.58. The molecular weight excluding hydrogens is 316 g/mol. The highest BCUT2D eigenvalue weighted by atomic mass is 35.5. The largest absolute Gasteiger partial charge is 0.241 e. The van der Waals surface area contributed by atoms with Crippen LogP contribution in [0.15, 0.2) is 29.6 Å². The van der Waals surface area contributed by atoms with Gasteiger partial charge in [0, 0.05) is 28.9 Å². The lowest BCUT2D eigenvalue weighted by molar-refractivity contribution is 0.582. The molecular formula is C13H15ClN2O2S2. The number of hydrogen-bond donors (Lipinski definition) is 1. The lowest BCUT2D eigenvalue weighted by Crippen LogP contribution is -2.27. The minimum Gasteiger partial charge on any atom is -0.241 e. The number of hydrogen-bond acceptors (Lipinski definition) is 4. The van der Waals surface area contributed by atoms with Gasteiger partial charge in [0.25, 0.3) is 0 Å². The molecule has 1 heterocycles. The van der Waals surface area contributed by atoms with Gasteiger partial charge in [-0.15, -0.1) is 11.3 Å². The maximum absolute atomic E-state index is 11.3. The van der Waals surface area contributed by atoms with Crippen molar-refractivity contribution in [3.05, 3.63) is 40.4 Å². The Hall–Kier alpha value is -0.950. The predicted octanol–water partition coefficient (Wildman–Crippen LogP) is 2.95. The smallest absolute Gasteiger partial charge is 0.211 e. The van der Waals surface area contributed by atoms with Crippen molar-refractivity contribution in [2.75, 3.05) is 12.3 Å². The third kappa shape index (κ3) is 4.28. The first kappa shape index (κ1) is 15.4. The van der Waals surface area contributed by atoms with Gasteiger partial charge in [0.05, 0.1) is 11.4 Å². The molecule has 1 aromatic heterocycles. The predicted molar refractivity (Wildman–Crippen MR) is 83.7 cm³/mol. The topological polar surface area (TPSA) is 59.1 Å². The number of halogens is 1. The third-order valence-electron chi connectivity index (χ3n) is 2.73. The highest BCUT2D eigenvalue weighted by molar-refractivity contribution is 7.89. The fraction of sp³-hybridized carbons (Fsp3) is 0.308. The quantitative estimate of drug-likeness (QED) is 0.885. The van der Waals surface area contributed by atoms with E-state index >= 15 is 0 Å². The summed E-state index contributed by atoms with van der Waals surface area (Å²) in [5, 5.41) is 3.55. The second kappa shape index (κ2) is 6.67. The Kier molecular flexibility index (Phi) is 5.15. The molecule has 1 N–H and O–H groups in total. The summed E-state index contributed by atoms with van der Waals surface area (Å²) in [5.74, 6) is 0.0973. The van der Waals surface area contributed by atoms with Crippen LogP contribution in [0.4, 0.5) is 0 Å². The minimum absolute atomic E-state index is 0.0973. The maximum atomic E-state index is 11.3. The van der Waals surface area contributed by atoms with Crippen molar-refractivity contribution in [1.29, 1.82) is 0 Å². The van der Waals surface area contributed by atoms with E-state index in [1.807, 2.05) is 29.6 Å². The number of thiazole rings is 1. The van der Waals surface area contributed by atoms with Gasteiger partial charge in [-0.2, -0.15) is 0 Å². The molecule has 1 aromatic carbocycles. The summed E-state index contributed by atoms with van der Waals surface area (Å²) < 4.78 is 25.1. The van der Waals surface area contributed by atoms with E-state index in [0.717, 1.165) is 16.3 Å². The molecule has 4 nitrogen and oxygen atoms in total. The molecule has 7 heteroatoms. The molecule has 0 radical (unpaired) electrons. The number of nitrogens with zero attached hydrogens (tertiary/aromatic N) is 1. The van der Waals surface area contributed by atoms with Crippen LogP contribution in [0, 0.1) is 0 Å². The van der Waals surface area contributed by atoms with Gasteiger partial charge >= 0.3 is 0 Å². The number of benzene rings is 1. The second-order valence-electron chi connectivity index (χ2n) is 4.20. The molecule has 0 bridgehead atoms. The average Bonchev–Trinajstić information content (AvgIpc) is 2.88. The molecule has 2 rings (SSSR count). The normalized spacial score (nSPS) is 11.7. The molecule has 20 heavy (non-hydrogen) atoms. The fourth-order valence-corrected chi connectivity index (χ4v) is 3.19. The van der Waals surface area contributed by atoms with E-state index in [4.69, 9.17) is 11.6 Å². The molecule has 0 atom stereocenters. The molecule has 0 saturated carbocycles. The van der Waals surface area contributed by atoms with E-state index in [2.05, 4.69) is 9.71 Å². The van der Waals surface area contributed by atoms with Crippen LogP contribution in [0.25, 0.3) is 10.6 Å². The summed E-state index contributed by atoms with van der Waals surface area (Å²) in [6.07, 6.45) is 0.587. The lowest BCUT2D eigenvalue weighted by atomic mass is 10.2.